The highest BCUT2D eigenvalue weighted by atomic mass is 16.5. The number of hydrogen-bond donors (Lipinski definition) is 2. The van der Waals surface area contributed by atoms with E-state index in [9.17, 15) is 15.0 Å². The maximum absolute atomic E-state index is 11.7. The molecule has 0 aliphatic carbocycles. The molecule has 0 spiro atoms. The topological polar surface area (TPSA) is 110 Å². The predicted molar refractivity (Wildman–Crippen MR) is 117 cm³/mol. The molecule has 2 N–H and O–H groups in total. The summed E-state index contributed by atoms with van der Waals surface area (Å²) in [6.45, 7) is 8.17. The first kappa shape index (κ1) is 22.4. The minimum absolute atomic E-state index is 0.273. The van der Waals surface area contributed by atoms with E-state index in [1.54, 1.807) is 12.1 Å². The van der Waals surface area contributed by atoms with Gasteiger partial charge in [0.1, 0.15) is 18.8 Å². The first-order valence-electron chi connectivity index (χ1n) is 10.8. The number of nitrogens with zero attached hydrogens (tertiary/aromatic N) is 4. The normalized spacial score (nSPS) is 18.7. The Balaban J connectivity index is 1.30. The number of β-amino-alcohol motifs (C(OH)–C–C–N with tert-alkyl or cyclic N) is 2. The number of aliphatic hydroxyl groups is 2. The molecule has 8 nitrogen and oxygen atoms in total. The molecule has 168 valence electrons. The lowest BCUT2D eigenvalue weighted by atomic mass is 9.95. The zero-order valence-electron chi connectivity index (χ0n) is 18.4. The van der Waals surface area contributed by atoms with Gasteiger partial charge in [0.05, 0.1) is 22.9 Å². The summed E-state index contributed by atoms with van der Waals surface area (Å²) in [6.07, 6.45) is 0.160. The first-order chi connectivity index (χ1) is 15.4. The van der Waals surface area contributed by atoms with E-state index in [1.807, 2.05) is 19.9 Å². The van der Waals surface area contributed by atoms with E-state index in [2.05, 4.69) is 20.9 Å². The number of carbonyl (C=O) groups excluding carboxylic acids is 1. The molecule has 0 bridgehead atoms. The molecule has 2 aliphatic rings. The van der Waals surface area contributed by atoms with Crippen molar-refractivity contribution in [1.82, 2.24) is 14.8 Å². The monoisotopic (exact) mass is 436 g/mol. The van der Waals surface area contributed by atoms with Gasteiger partial charge in [-0.05, 0) is 42.7 Å². The van der Waals surface area contributed by atoms with Crippen LogP contribution in [0.3, 0.4) is 0 Å². The van der Waals surface area contributed by atoms with Crippen LogP contribution in [-0.4, -0.2) is 70.2 Å². The van der Waals surface area contributed by atoms with Crippen molar-refractivity contribution in [3.63, 3.8) is 0 Å². The summed E-state index contributed by atoms with van der Waals surface area (Å²) in [6, 6.07) is 7.43. The summed E-state index contributed by atoms with van der Waals surface area (Å²) < 4.78 is 5.11. The molecule has 1 saturated heterocycles. The van der Waals surface area contributed by atoms with Gasteiger partial charge in [-0.1, -0.05) is 6.07 Å². The van der Waals surface area contributed by atoms with Crippen LogP contribution >= 0.6 is 0 Å². The Morgan fingerprint density at radius 3 is 2.41 bits per heavy atom. The van der Waals surface area contributed by atoms with E-state index in [-0.39, 0.29) is 12.6 Å². The highest BCUT2D eigenvalue weighted by Gasteiger charge is 2.27. The van der Waals surface area contributed by atoms with E-state index in [0.717, 1.165) is 48.4 Å². The van der Waals surface area contributed by atoms with Crippen LogP contribution in [0.5, 0.6) is 0 Å². The number of pyridine rings is 1. The van der Waals surface area contributed by atoms with Gasteiger partial charge in [0.2, 0.25) is 0 Å². The van der Waals surface area contributed by atoms with Gasteiger partial charge in [-0.25, -0.2) is 4.79 Å². The van der Waals surface area contributed by atoms with E-state index >= 15 is 0 Å². The Labute approximate surface area is 187 Å². The van der Waals surface area contributed by atoms with Gasteiger partial charge in [0.15, 0.2) is 0 Å². The summed E-state index contributed by atoms with van der Waals surface area (Å²) in [5.41, 5.74) is 5.14. The number of ether oxygens (including phenoxy) is 1. The molecule has 8 heteroatoms. The third kappa shape index (κ3) is 4.52. The summed E-state index contributed by atoms with van der Waals surface area (Å²) in [7, 11) is 0. The van der Waals surface area contributed by atoms with Crippen LogP contribution in [0.25, 0.3) is 0 Å². The minimum atomic E-state index is -0.711. The average molecular weight is 437 g/mol. The van der Waals surface area contributed by atoms with Crippen LogP contribution in [0, 0.1) is 25.2 Å². The maximum Gasteiger partial charge on any atom is 0.338 e. The smallest absolute Gasteiger partial charge is 0.338 e. The molecular weight excluding hydrogens is 408 g/mol. The SMILES string of the molecule is Cc1cc(C(O)CN2CCN(C[C@@H](O)c3ccc4c(c3C)COC4=O)CC2)ncc1C#N. The average Bonchev–Trinajstić information content (AvgIpc) is 3.16. The molecule has 32 heavy (non-hydrogen) atoms. The molecule has 1 aromatic carbocycles. The number of cyclic esters (lactones) is 1. The van der Waals surface area contributed by atoms with Crippen molar-refractivity contribution in [3.05, 3.63) is 63.5 Å². The number of hydrogen-bond acceptors (Lipinski definition) is 8. The van der Waals surface area contributed by atoms with Gasteiger partial charge < -0.3 is 14.9 Å². The molecule has 2 aromatic rings. The van der Waals surface area contributed by atoms with Crippen LogP contribution in [-0.2, 0) is 11.3 Å². The van der Waals surface area contributed by atoms with Crippen molar-refractivity contribution in [1.29, 1.82) is 5.26 Å². The van der Waals surface area contributed by atoms with Crippen molar-refractivity contribution in [2.45, 2.75) is 32.7 Å². The second kappa shape index (κ2) is 9.35. The summed E-state index contributed by atoms with van der Waals surface area (Å²) in [5.74, 6) is -0.297. The minimum Gasteiger partial charge on any atom is -0.457 e. The summed E-state index contributed by atoms with van der Waals surface area (Å²) >= 11 is 0. The molecular formula is C24H28N4O4. The Hall–Kier alpha value is -2.83. The second-order valence-electron chi connectivity index (χ2n) is 8.55. The van der Waals surface area contributed by atoms with Gasteiger partial charge >= 0.3 is 5.97 Å². The number of benzene rings is 1. The molecule has 1 fully saturated rings. The molecule has 3 heterocycles. The highest BCUT2D eigenvalue weighted by Crippen LogP contribution is 2.29. The molecule has 2 atom stereocenters. The third-order valence-electron chi connectivity index (χ3n) is 6.49. The van der Waals surface area contributed by atoms with Gasteiger partial charge in [0.25, 0.3) is 0 Å². The number of aryl methyl sites for hydroxylation is 1. The zero-order valence-corrected chi connectivity index (χ0v) is 18.4. The fourth-order valence-corrected chi connectivity index (χ4v) is 4.44. The standard InChI is InChI=1S/C24H28N4O4/c1-15-9-21(26-11-17(15)10-25)23(30)13-28-7-5-27(6-8-28)12-22(29)18-3-4-19-20(16(18)2)14-32-24(19)31/h3-4,9,11,22-23,29-30H,5-8,12-14H2,1-2H3/t22-,23?/m1/s1. The number of esters is 1. The number of aromatic nitrogens is 1. The number of fused-ring (bicyclic) bond motifs is 1. The molecule has 1 unspecified atom stereocenters. The van der Waals surface area contributed by atoms with Gasteiger partial charge in [-0.3, -0.25) is 14.8 Å². The fourth-order valence-electron chi connectivity index (χ4n) is 4.44. The lowest BCUT2D eigenvalue weighted by Gasteiger charge is -2.36. The molecule has 4 rings (SSSR count). The first-order valence-corrected chi connectivity index (χ1v) is 10.8. The van der Waals surface area contributed by atoms with Crippen molar-refractivity contribution < 1.29 is 19.7 Å². The highest BCUT2D eigenvalue weighted by molar-refractivity contribution is 5.93. The third-order valence-corrected chi connectivity index (χ3v) is 6.49. The number of carbonyl (C=O) groups is 1. The Morgan fingerprint density at radius 2 is 1.78 bits per heavy atom. The second-order valence-corrected chi connectivity index (χ2v) is 8.55. The Kier molecular flexibility index (Phi) is 6.53. The van der Waals surface area contributed by atoms with Crippen molar-refractivity contribution >= 4 is 5.97 Å². The van der Waals surface area contributed by atoms with E-state index < -0.39 is 12.2 Å². The van der Waals surface area contributed by atoms with Crippen molar-refractivity contribution in [2.75, 3.05) is 39.3 Å². The number of rotatable bonds is 6. The van der Waals surface area contributed by atoms with E-state index in [1.165, 1.54) is 6.20 Å². The number of piperazine rings is 1. The Bertz CT molecular complexity index is 1060. The van der Waals surface area contributed by atoms with Gasteiger partial charge in [-0.15, -0.1) is 0 Å². The zero-order chi connectivity index (χ0) is 22.8. The van der Waals surface area contributed by atoms with Gasteiger partial charge in [0, 0.05) is 51.0 Å². The van der Waals surface area contributed by atoms with Crippen LogP contribution in [0.2, 0.25) is 0 Å². The maximum atomic E-state index is 11.7. The van der Waals surface area contributed by atoms with E-state index in [4.69, 9.17) is 10.00 Å². The van der Waals surface area contributed by atoms with Gasteiger partial charge in [-0.2, -0.15) is 5.26 Å². The summed E-state index contributed by atoms with van der Waals surface area (Å²) in [4.78, 5) is 20.4. The largest absolute Gasteiger partial charge is 0.457 e. The predicted octanol–water partition coefficient (Wildman–Crippen LogP) is 1.63. The summed E-state index contributed by atoms with van der Waals surface area (Å²) in [5, 5.41) is 30.4. The molecule has 0 radical (unpaired) electrons. The quantitative estimate of drug-likeness (QED) is 0.658. The van der Waals surface area contributed by atoms with Crippen molar-refractivity contribution in [3.8, 4) is 6.07 Å². The van der Waals surface area contributed by atoms with Crippen LogP contribution in [0.15, 0.2) is 24.4 Å². The molecule has 0 saturated carbocycles. The molecule has 2 aliphatic heterocycles. The molecule has 0 amide bonds. The van der Waals surface area contributed by atoms with Crippen LogP contribution in [0.1, 0.15) is 56.1 Å². The van der Waals surface area contributed by atoms with Crippen LogP contribution < -0.4 is 0 Å². The fraction of sp³-hybridized carbons (Fsp3) is 0.458. The Morgan fingerprint density at radius 1 is 1.12 bits per heavy atom. The number of aliphatic hydroxyl groups excluding tert-OH is 2. The lowest BCUT2D eigenvalue weighted by molar-refractivity contribution is 0.0470. The van der Waals surface area contributed by atoms with Crippen molar-refractivity contribution in [2.24, 2.45) is 0 Å². The van der Waals surface area contributed by atoms with E-state index in [0.29, 0.717) is 29.9 Å². The molecule has 1 aromatic heterocycles. The lowest BCUT2D eigenvalue weighted by Crippen LogP contribution is -2.48. The van der Waals surface area contributed by atoms with Crippen LogP contribution in [0.4, 0.5) is 0 Å². The number of nitriles is 1.